The smallest absolute Gasteiger partial charge is 0.235 e. The van der Waals surface area contributed by atoms with Gasteiger partial charge in [-0.2, -0.15) is 0 Å². The number of ketones is 1. The summed E-state index contributed by atoms with van der Waals surface area (Å²) in [6, 6.07) is 8.90. The summed E-state index contributed by atoms with van der Waals surface area (Å²) in [6.07, 6.45) is 1.57. The predicted octanol–water partition coefficient (Wildman–Crippen LogP) is 2.37. The third-order valence-electron chi connectivity index (χ3n) is 2.96. The van der Waals surface area contributed by atoms with Crippen molar-refractivity contribution in [1.29, 1.82) is 0 Å². The fourth-order valence-electron chi connectivity index (χ4n) is 2.03. The molecule has 2 rings (SSSR count). The van der Waals surface area contributed by atoms with E-state index in [1.807, 2.05) is 6.07 Å². The lowest BCUT2D eigenvalue weighted by molar-refractivity contribution is -0.122. The summed E-state index contributed by atoms with van der Waals surface area (Å²) in [7, 11) is 0. The Morgan fingerprint density at radius 2 is 1.94 bits per heavy atom. The van der Waals surface area contributed by atoms with Crippen molar-refractivity contribution in [3.8, 4) is 0 Å². The minimum absolute atomic E-state index is 0. The highest BCUT2D eigenvalue weighted by Gasteiger charge is 2.31. The van der Waals surface area contributed by atoms with Crippen molar-refractivity contribution in [2.24, 2.45) is 5.92 Å². The predicted molar refractivity (Wildman–Crippen MR) is 72.9 cm³/mol. The van der Waals surface area contributed by atoms with E-state index in [2.05, 4.69) is 11.9 Å². The van der Waals surface area contributed by atoms with Crippen LogP contribution in [0.25, 0.3) is 0 Å². The summed E-state index contributed by atoms with van der Waals surface area (Å²) >= 11 is 0. The second kappa shape index (κ2) is 6.36. The largest absolute Gasteiger partial charge is 0.355 e. The molecule has 1 fully saturated rings. The Morgan fingerprint density at radius 3 is 2.61 bits per heavy atom. The van der Waals surface area contributed by atoms with Crippen LogP contribution < -0.4 is 5.32 Å². The van der Waals surface area contributed by atoms with Gasteiger partial charge in [-0.3, -0.25) is 9.59 Å². The highest BCUT2D eigenvalue weighted by atomic mass is 35.5. The second-order valence-electron chi connectivity index (χ2n) is 4.22. The third kappa shape index (κ3) is 2.99. The molecule has 1 aliphatic heterocycles. The fraction of sp³-hybridized carbons (Fsp3) is 0.286. The Kier molecular flexibility index (Phi) is 5.10. The van der Waals surface area contributed by atoms with Gasteiger partial charge in [0.25, 0.3) is 0 Å². The molecule has 96 valence electrons. The van der Waals surface area contributed by atoms with Crippen LogP contribution in [0.15, 0.2) is 42.5 Å². The molecule has 1 unspecified atom stereocenters. The van der Waals surface area contributed by atoms with Gasteiger partial charge in [0, 0.05) is 12.1 Å². The van der Waals surface area contributed by atoms with Crippen LogP contribution in [0.2, 0.25) is 0 Å². The van der Waals surface area contributed by atoms with E-state index in [1.54, 1.807) is 24.3 Å². The molecule has 1 aromatic carbocycles. The molecule has 1 heterocycles. The normalized spacial score (nSPS) is 19.4. The summed E-state index contributed by atoms with van der Waals surface area (Å²) < 4.78 is 0. The maximum Gasteiger partial charge on any atom is 0.235 e. The van der Waals surface area contributed by atoms with Gasteiger partial charge < -0.3 is 5.32 Å². The molecule has 0 aliphatic carbocycles. The number of Topliss-reactive ketones (excluding diaryl/α,β-unsaturated/α-hetero) is 1. The number of nitrogens with one attached hydrogen (secondary N) is 1. The molecular formula is C14H16ClNO2. The van der Waals surface area contributed by atoms with Gasteiger partial charge in [0.2, 0.25) is 5.91 Å². The van der Waals surface area contributed by atoms with Crippen molar-refractivity contribution in [3.63, 3.8) is 0 Å². The standard InChI is InChI=1S/C14H15NO2.ClH/c1-10-6-5-9-15-14(17)12(10)13(16)11-7-3-2-4-8-11;/h2-4,7-8,12H,1,5-6,9H2,(H,15,17);1H. The SMILES string of the molecule is C=C1CCCNC(=O)C1C(=O)c1ccccc1.Cl. The van der Waals surface area contributed by atoms with Crippen molar-refractivity contribution in [3.05, 3.63) is 48.0 Å². The van der Waals surface area contributed by atoms with Crippen molar-refractivity contribution >= 4 is 24.1 Å². The maximum absolute atomic E-state index is 12.3. The minimum atomic E-state index is -0.722. The Morgan fingerprint density at radius 1 is 1.28 bits per heavy atom. The van der Waals surface area contributed by atoms with Crippen LogP contribution in [0.4, 0.5) is 0 Å². The molecule has 1 aromatic rings. The molecule has 0 saturated carbocycles. The van der Waals surface area contributed by atoms with Crippen molar-refractivity contribution in [1.82, 2.24) is 5.32 Å². The summed E-state index contributed by atoms with van der Waals surface area (Å²) in [4.78, 5) is 24.1. The number of hydrogen-bond acceptors (Lipinski definition) is 2. The molecule has 4 heteroatoms. The Labute approximate surface area is 113 Å². The molecule has 1 aliphatic rings. The van der Waals surface area contributed by atoms with Gasteiger partial charge in [-0.15, -0.1) is 12.4 Å². The first kappa shape index (κ1) is 14.5. The molecular weight excluding hydrogens is 250 g/mol. The molecule has 1 atom stereocenters. The molecule has 1 saturated heterocycles. The summed E-state index contributed by atoms with van der Waals surface area (Å²) in [5.74, 6) is -1.10. The van der Waals surface area contributed by atoms with Gasteiger partial charge in [0.15, 0.2) is 5.78 Å². The van der Waals surface area contributed by atoms with Gasteiger partial charge in [0.1, 0.15) is 5.92 Å². The summed E-state index contributed by atoms with van der Waals surface area (Å²) in [6.45, 7) is 4.49. The van der Waals surface area contributed by atoms with E-state index in [-0.39, 0.29) is 24.1 Å². The van der Waals surface area contributed by atoms with E-state index in [0.29, 0.717) is 17.7 Å². The van der Waals surface area contributed by atoms with Crippen LogP contribution in [-0.2, 0) is 4.79 Å². The zero-order valence-electron chi connectivity index (χ0n) is 10.0. The van der Waals surface area contributed by atoms with E-state index in [9.17, 15) is 9.59 Å². The van der Waals surface area contributed by atoms with E-state index >= 15 is 0 Å². The highest BCUT2D eigenvalue weighted by molar-refractivity contribution is 6.12. The van der Waals surface area contributed by atoms with Crippen LogP contribution in [-0.4, -0.2) is 18.2 Å². The average molecular weight is 266 g/mol. The average Bonchev–Trinajstić information content (AvgIpc) is 2.51. The molecule has 0 spiro atoms. The van der Waals surface area contributed by atoms with E-state index in [0.717, 1.165) is 12.8 Å². The monoisotopic (exact) mass is 265 g/mol. The van der Waals surface area contributed by atoms with Gasteiger partial charge in [-0.25, -0.2) is 0 Å². The molecule has 18 heavy (non-hydrogen) atoms. The third-order valence-corrected chi connectivity index (χ3v) is 2.96. The number of carbonyl (C=O) groups excluding carboxylic acids is 2. The zero-order valence-corrected chi connectivity index (χ0v) is 10.8. The minimum Gasteiger partial charge on any atom is -0.355 e. The Bertz CT molecular complexity index is 438. The number of amides is 1. The molecule has 0 radical (unpaired) electrons. The Balaban J connectivity index is 0.00000162. The summed E-state index contributed by atoms with van der Waals surface area (Å²) in [5, 5.41) is 2.76. The van der Waals surface area contributed by atoms with Crippen LogP contribution >= 0.6 is 12.4 Å². The lowest BCUT2D eigenvalue weighted by Gasteiger charge is -2.14. The van der Waals surface area contributed by atoms with Crippen LogP contribution in [0.1, 0.15) is 23.2 Å². The van der Waals surface area contributed by atoms with Crippen LogP contribution in [0.3, 0.4) is 0 Å². The van der Waals surface area contributed by atoms with Crippen LogP contribution in [0.5, 0.6) is 0 Å². The number of halogens is 1. The fourth-order valence-corrected chi connectivity index (χ4v) is 2.03. The number of rotatable bonds is 2. The Hall–Kier alpha value is -1.61. The first-order valence-corrected chi connectivity index (χ1v) is 5.75. The highest BCUT2D eigenvalue weighted by Crippen LogP contribution is 2.22. The van der Waals surface area contributed by atoms with Crippen molar-refractivity contribution in [2.45, 2.75) is 12.8 Å². The van der Waals surface area contributed by atoms with E-state index in [1.165, 1.54) is 0 Å². The van der Waals surface area contributed by atoms with Crippen molar-refractivity contribution in [2.75, 3.05) is 6.54 Å². The first-order valence-electron chi connectivity index (χ1n) is 5.75. The number of hydrogen-bond donors (Lipinski definition) is 1. The van der Waals surface area contributed by atoms with Gasteiger partial charge in [-0.05, 0) is 12.8 Å². The number of carbonyl (C=O) groups is 2. The number of benzene rings is 1. The quantitative estimate of drug-likeness (QED) is 0.507. The summed E-state index contributed by atoms with van der Waals surface area (Å²) in [5.41, 5.74) is 1.28. The topological polar surface area (TPSA) is 46.2 Å². The molecule has 1 amide bonds. The van der Waals surface area contributed by atoms with Gasteiger partial charge in [0.05, 0.1) is 0 Å². The second-order valence-corrected chi connectivity index (χ2v) is 4.22. The van der Waals surface area contributed by atoms with Crippen LogP contribution in [0, 0.1) is 5.92 Å². The first-order chi connectivity index (χ1) is 8.20. The molecule has 0 bridgehead atoms. The lowest BCUT2D eigenvalue weighted by Crippen LogP contribution is -2.34. The van der Waals surface area contributed by atoms with Gasteiger partial charge >= 0.3 is 0 Å². The van der Waals surface area contributed by atoms with E-state index < -0.39 is 5.92 Å². The lowest BCUT2D eigenvalue weighted by atomic mass is 9.89. The van der Waals surface area contributed by atoms with Crippen molar-refractivity contribution < 1.29 is 9.59 Å². The molecule has 1 N–H and O–H groups in total. The molecule has 0 aromatic heterocycles. The van der Waals surface area contributed by atoms with E-state index in [4.69, 9.17) is 0 Å². The zero-order chi connectivity index (χ0) is 12.3. The maximum atomic E-state index is 12.3. The molecule has 3 nitrogen and oxygen atoms in total. The van der Waals surface area contributed by atoms with Gasteiger partial charge in [-0.1, -0.05) is 42.5 Å².